The summed E-state index contributed by atoms with van der Waals surface area (Å²) in [5.74, 6) is -0.0138. The van der Waals surface area contributed by atoms with Crippen LogP contribution >= 0.6 is 0 Å². The van der Waals surface area contributed by atoms with E-state index in [0.717, 1.165) is 45.0 Å². The van der Waals surface area contributed by atoms with E-state index in [1.54, 1.807) is 6.92 Å². The Balaban J connectivity index is 1.44. The van der Waals surface area contributed by atoms with Crippen molar-refractivity contribution in [3.05, 3.63) is 65.5 Å². The van der Waals surface area contributed by atoms with Crippen LogP contribution in [0, 0.1) is 18.7 Å². The van der Waals surface area contributed by atoms with Gasteiger partial charge >= 0.3 is 0 Å². The molecule has 27 heavy (non-hydrogen) atoms. The maximum atomic E-state index is 13.4. The summed E-state index contributed by atoms with van der Waals surface area (Å²) in [6.07, 6.45) is 2.97. The van der Waals surface area contributed by atoms with Crippen LogP contribution in [0.4, 0.5) is 4.39 Å². The first-order chi connectivity index (χ1) is 12.9. The average Bonchev–Trinajstić information content (AvgIpc) is 2.66. The van der Waals surface area contributed by atoms with Crippen molar-refractivity contribution in [1.29, 1.82) is 0 Å². The van der Waals surface area contributed by atoms with E-state index in [4.69, 9.17) is 0 Å². The number of hydrogen-bond donors (Lipinski definition) is 1. The highest BCUT2D eigenvalue weighted by Crippen LogP contribution is 2.22. The van der Waals surface area contributed by atoms with E-state index >= 15 is 0 Å². The molecule has 1 fully saturated rings. The minimum absolute atomic E-state index is 0.0279. The van der Waals surface area contributed by atoms with Crippen molar-refractivity contribution < 1.29 is 12.8 Å². The molecule has 6 heteroatoms. The number of aryl methyl sites for hydroxylation is 1. The molecule has 0 spiro atoms. The van der Waals surface area contributed by atoms with Crippen LogP contribution in [-0.4, -0.2) is 33.0 Å². The zero-order valence-electron chi connectivity index (χ0n) is 15.7. The molecule has 0 atom stereocenters. The van der Waals surface area contributed by atoms with E-state index < -0.39 is 15.8 Å². The van der Waals surface area contributed by atoms with Crippen LogP contribution in [0.3, 0.4) is 0 Å². The van der Waals surface area contributed by atoms with Crippen LogP contribution in [0.1, 0.15) is 30.4 Å². The number of nitrogens with zero attached hydrogens (tertiary/aromatic N) is 1. The Labute approximate surface area is 161 Å². The lowest BCUT2D eigenvalue weighted by Gasteiger charge is -2.32. The zero-order chi connectivity index (χ0) is 19.3. The lowest BCUT2D eigenvalue weighted by Crippen LogP contribution is -2.35. The molecule has 3 rings (SSSR count). The van der Waals surface area contributed by atoms with Gasteiger partial charge in [-0.3, -0.25) is 4.90 Å². The quantitative estimate of drug-likeness (QED) is 0.784. The van der Waals surface area contributed by atoms with Crippen molar-refractivity contribution in [1.82, 2.24) is 9.62 Å². The predicted molar refractivity (Wildman–Crippen MR) is 105 cm³/mol. The third-order valence-corrected chi connectivity index (χ3v) is 6.84. The highest BCUT2D eigenvalue weighted by molar-refractivity contribution is 7.89. The Bertz CT molecular complexity index is 848. The van der Waals surface area contributed by atoms with Crippen LogP contribution in [0.2, 0.25) is 0 Å². The van der Waals surface area contributed by atoms with Crippen molar-refractivity contribution in [2.24, 2.45) is 5.92 Å². The van der Waals surface area contributed by atoms with Gasteiger partial charge in [-0.25, -0.2) is 17.5 Å². The Morgan fingerprint density at radius 2 is 1.81 bits per heavy atom. The first kappa shape index (κ1) is 20.0. The van der Waals surface area contributed by atoms with Gasteiger partial charge < -0.3 is 0 Å². The third-order valence-electron chi connectivity index (χ3n) is 5.24. The SMILES string of the molecule is Cc1ccc(F)cc1S(=O)(=O)NCCC1CCN(Cc2ccccc2)CC1. The Kier molecular flexibility index (Phi) is 6.63. The molecular formula is C21H27FN2O2S. The normalized spacial score (nSPS) is 16.5. The fourth-order valence-corrected chi connectivity index (χ4v) is 4.92. The summed E-state index contributed by atoms with van der Waals surface area (Å²) in [6, 6.07) is 14.3. The molecule has 0 radical (unpaired) electrons. The van der Waals surface area contributed by atoms with Gasteiger partial charge in [0.15, 0.2) is 0 Å². The first-order valence-electron chi connectivity index (χ1n) is 9.46. The van der Waals surface area contributed by atoms with Crippen molar-refractivity contribution in [2.45, 2.75) is 37.6 Å². The van der Waals surface area contributed by atoms with E-state index in [-0.39, 0.29) is 4.90 Å². The van der Waals surface area contributed by atoms with Gasteiger partial charge in [-0.2, -0.15) is 0 Å². The summed E-state index contributed by atoms with van der Waals surface area (Å²) in [4.78, 5) is 2.48. The van der Waals surface area contributed by atoms with Gasteiger partial charge in [-0.05, 0) is 68.5 Å². The molecule has 1 aliphatic rings. The van der Waals surface area contributed by atoms with Gasteiger partial charge in [0.05, 0.1) is 4.90 Å². The van der Waals surface area contributed by atoms with Crippen LogP contribution in [0.25, 0.3) is 0 Å². The second-order valence-electron chi connectivity index (χ2n) is 7.30. The number of rotatable bonds is 7. The topological polar surface area (TPSA) is 49.4 Å². The number of sulfonamides is 1. The van der Waals surface area contributed by atoms with Gasteiger partial charge in [-0.15, -0.1) is 0 Å². The molecule has 0 bridgehead atoms. The molecule has 1 N–H and O–H groups in total. The Hall–Kier alpha value is -1.76. The number of benzene rings is 2. The molecule has 1 saturated heterocycles. The van der Waals surface area contributed by atoms with Crippen LogP contribution in [0.15, 0.2) is 53.4 Å². The van der Waals surface area contributed by atoms with Crippen molar-refractivity contribution in [2.75, 3.05) is 19.6 Å². The highest BCUT2D eigenvalue weighted by Gasteiger charge is 2.21. The number of hydrogen-bond acceptors (Lipinski definition) is 3. The molecule has 2 aromatic carbocycles. The number of likely N-dealkylation sites (tertiary alicyclic amines) is 1. The molecule has 1 aliphatic heterocycles. The second kappa shape index (κ2) is 8.95. The largest absolute Gasteiger partial charge is 0.299 e. The van der Waals surface area contributed by atoms with Crippen molar-refractivity contribution in [3.8, 4) is 0 Å². The molecule has 4 nitrogen and oxygen atoms in total. The molecule has 0 saturated carbocycles. The fourth-order valence-electron chi connectivity index (χ4n) is 3.61. The van der Waals surface area contributed by atoms with Crippen molar-refractivity contribution in [3.63, 3.8) is 0 Å². The predicted octanol–water partition coefficient (Wildman–Crippen LogP) is 3.71. The number of piperidine rings is 1. The third kappa shape index (κ3) is 5.61. The Morgan fingerprint density at radius 3 is 2.52 bits per heavy atom. The van der Waals surface area contributed by atoms with E-state index in [1.807, 2.05) is 6.07 Å². The van der Waals surface area contributed by atoms with Crippen LogP contribution < -0.4 is 4.72 Å². The summed E-state index contributed by atoms with van der Waals surface area (Å²) in [5.41, 5.74) is 1.88. The number of halogens is 1. The molecule has 0 amide bonds. The summed E-state index contributed by atoms with van der Waals surface area (Å²) < 4.78 is 40.9. The van der Waals surface area contributed by atoms with E-state index in [2.05, 4.69) is 33.9 Å². The zero-order valence-corrected chi connectivity index (χ0v) is 16.5. The molecular weight excluding hydrogens is 363 g/mol. The minimum atomic E-state index is -3.67. The van der Waals surface area contributed by atoms with Gasteiger partial charge in [0.25, 0.3) is 0 Å². The molecule has 0 aromatic heterocycles. The van der Waals surface area contributed by atoms with Crippen LogP contribution in [-0.2, 0) is 16.6 Å². The lowest BCUT2D eigenvalue weighted by atomic mass is 9.93. The standard InChI is InChI=1S/C21H27FN2O2S/c1-17-7-8-20(22)15-21(17)27(25,26)23-12-9-18-10-13-24(14-11-18)16-19-5-3-2-4-6-19/h2-8,15,18,23H,9-14,16H2,1H3. The van der Waals surface area contributed by atoms with Gasteiger partial charge in [0.1, 0.15) is 5.82 Å². The molecule has 1 heterocycles. The van der Waals surface area contributed by atoms with Gasteiger partial charge in [0, 0.05) is 13.1 Å². The molecule has 146 valence electrons. The van der Waals surface area contributed by atoms with Crippen LogP contribution in [0.5, 0.6) is 0 Å². The lowest BCUT2D eigenvalue weighted by molar-refractivity contribution is 0.173. The first-order valence-corrected chi connectivity index (χ1v) is 10.9. The van der Waals surface area contributed by atoms with E-state index in [0.29, 0.717) is 18.0 Å². The number of nitrogens with one attached hydrogen (secondary N) is 1. The Morgan fingerprint density at radius 1 is 1.11 bits per heavy atom. The fraction of sp³-hybridized carbons (Fsp3) is 0.429. The molecule has 2 aromatic rings. The monoisotopic (exact) mass is 390 g/mol. The average molecular weight is 391 g/mol. The van der Waals surface area contributed by atoms with E-state index in [1.165, 1.54) is 17.7 Å². The highest BCUT2D eigenvalue weighted by atomic mass is 32.2. The summed E-state index contributed by atoms with van der Waals surface area (Å²) in [7, 11) is -3.67. The van der Waals surface area contributed by atoms with Crippen molar-refractivity contribution >= 4 is 10.0 Å². The smallest absolute Gasteiger partial charge is 0.240 e. The molecule has 0 aliphatic carbocycles. The second-order valence-corrected chi connectivity index (χ2v) is 9.04. The van der Waals surface area contributed by atoms with E-state index in [9.17, 15) is 12.8 Å². The molecule has 0 unspecified atom stereocenters. The summed E-state index contributed by atoms with van der Waals surface area (Å²) >= 11 is 0. The summed E-state index contributed by atoms with van der Waals surface area (Å²) in [6.45, 7) is 5.11. The summed E-state index contributed by atoms with van der Waals surface area (Å²) in [5, 5.41) is 0. The minimum Gasteiger partial charge on any atom is -0.299 e. The maximum absolute atomic E-state index is 13.4. The van der Waals surface area contributed by atoms with Gasteiger partial charge in [0.2, 0.25) is 10.0 Å². The maximum Gasteiger partial charge on any atom is 0.240 e. The van der Waals surface area contributed by atoms with Gasteiger partial charge in [-0.1, -0.05) is 36.4 Å².